The molecule has 3 rings (SSSR count). The fourth-order valence-electron chi connectivity index (χ4n) is 2.67. The third-order valence-electron chi connectivity index (χ3n) is 4.06. The summed E-state index contributed by atoms with van der Waals surface area (Å²) in [5.41, 5.74) is 1.23. The number of halogens is 1. The van der Waals surface area contributed by atoms with E-state index in [0.29, 0.717) is 27.7 Å². The monoisotopic (exact) mass is 388 g/mol. The number of anilines is 1. The number of nitrogens with one attached hydrogen (secondary N) is 2. The van der Waals surface area contributed by atoms with Gasteiger partial charge in [0.25, 0.3) is 11.7 Å². The smallest absolute Gasteiger partial charge is 0.296 e. The Morgan fingerprint density at radius 1 is 1.00 bits per heavy atom. The van der Waals surface area contributed by atoms with Crippen LogP contribution in [0.15, 0.2) is 36.5 Å². The quantitative estimate of drug-likeness (QED) is 0.496. The second-order valence-corrected chi connectivity index (χ2v) is 5.99. The van der Waals surface area contributed by atoms with Gasteiger partial charge >= 0.3 is 0 Å². The molecular formula is C19H17ClN2O5. The Balaban J connectivity index is 1.92. The summed E-state index contributed by atoms with van der Waals surface area (Å²) in [5, 5.41) is 3.46. The van der Waals surface area contributed by atoms with Crippen LogP contribution in [0.1, 0.15) is 10.4 Å². The molecule has 0 bridgehead atoms. The molecule has 0 unspecified atom stereocenters. The van der Waals surface area contributed by atoms with Crippen molar-refractivity contribution in [3.05, 3.63) is 47.1 Å². The number of carbonyl (C=O) groups is 2. The number of fused-ring (bicyclic) bond motifs is 1. The summed E-state index contributed by atoms with van der Waals surface area (Å²) in [6.45, 7) is 0. The van der Waals surface area contributed by atoms with Gasteiger partial charge in [-0.2, -0.15) is 0 Å². The van der Waals surface area contributed by atoms with Gasteiger partial charge in [-0.1, -0.05) is 11.6 Å². The number of aromatic amines is 1. The molecule has 1 amide bonds. The third kappa shape index (κ3) is 3.54. The van der Waals surface area contributed by atoms with Crippen molar-refractivity contribution < 1.29 is 23.8 Å². The van der Waals surface area contributed by atoms with Crippen LogP contribution in [0.5, 0.6) is 17.2 Å². The lowest BCUT2D eigenvalue weighted by atomic mass is 10.1. The van der Waals surface area contributed by atoms with E-state index in [-0.39, 0.29) is 11.3 Å². The molecule has 3 aromatic rings. The van der Waals surface area contributed by atoms with Crippen LogP contribution in [0.2, 0.25) is 5.02 Å². The molecule has 0 saturated heterocycles. The first-order valence-corrected chi connectivity index (χ1v) is 8.28. The van der Waals surface area contributed by atoms with Gasteiger partial charge in [0.15, 0.2) is 0 Å². The van der Waals surface area contributed by atoms with E-state index in [0.717, 1.165) is 5.52 Å². The van der Waals surface area contributed by atoms with Gasteiger partial charge in [0.05, 0.1) is 37.6 Å². The van der Waals surface area contributed by atoms with Crippen molar-refractivity contribution in [3.8, 4) is 17.2 Å². The molecule has 0 spiro atoms. The number of aromatic nitrogens is 1. The van der Waals surface area contributed by atoms with Crippen molar-refractivity contribution in [3.63, 3.8) is 0 Å². The summed E-state index contributed by atoms with van der Waals surface area (Å²) in [7, 11) is 4.41. The number of carbonyl (C=O) groups excluding carboxylic acids is 2. The van der Waals surface area contributed by atoms with Gasteiger partial charge < -0.3 is 24.5 Å². The van der Waals surface area contributed by atoms with Crippen LogP contribution >= 0.6 is 11.6 Å². The van der Waals surface area contributed by atoms with Crippen molar-refractivity contribution in [2.75, 3.05) is 26.6 Å². The Hall–Kier alpha value is -3.19. The number of hydrogen-bond acceptors (Lipinski definition) is 5. The molecule has 1 aromatic heterocycles. The highest BCUT2D eigenvalue weighted by atomic mass is 35.5. The van der Waals surface area contributed by atoms with Crippen LogP contribution in [0, 0.1) is 0 Å². The van der Waals surface area contributed by atoms with Gasteiger partial charge in [-0.25, -0.2) is 0 Å². The van der Waals surface area contributed by atoms with E-state index >= 15 is 0 Å². The van der Waals surface area contributed by atoms with Crippen molar-refractivity contribution in [1.82, 2.24) is 4.98 Å². The van der Waals surface area contributed by atoms with Crippen LogP contribution < -0.4 is 19.5 Å². The van der Waals surface area contributed by atoms with E-state index in [1.807, 2.05) is 0 Å². The second-order valence-electron chi connectivity index (χ2n) is 5.58. The maximum Gasteiger partial charge on any atom is 0.296 e. The number of H-pyrrole nitrogens is 1. The number of amides is 1. The largest absolute Gasteiger partial charge is 0.497 e. The number of methoxy groups -OCH3 is 3. The van der Waals surface area contributed by atoms with Crippen molar-refractivity contribution >= 4 is 39.9 Å². The Bertz CT molecular complexity index is 1030. The predicted octanol–water partition coefficient (Wildman–Crippen LogP) is 3.67. The van der Waals surface area contributed by atoms with E-state index < -0.39 is 11.7 Å². The highest BCUT2D eigenvalue weighted by molar-refractivity contribution is 6.48. The Morgan fingerprint density at radius 2 is 1.74 bits per heavy atom. The lowest BCUT2D eigenvalue weighted by Crippen LogP contribution is -2.23. The van der Waals surface area contributed by atoms with E-state index in [4.69, 9.17) is 25.8 Å². The Morgan fingerprint density at radius 3 is 2.41 bits per heavy atom. The summed E-state index contributed by atoms with van der Waals surface area (Å²) >= 11 is 6.05. The number of benzene rings is 2. The molecule has 0 radical (unpaired) electrons. The van der Waals surface area contributed by atoms with Crippen LogP contribution in [0.3, 0.4) is 0 Å². The van der Waals surface area contributed by atoms with Gasteiger partial charge in [0.2, 0.25) is 0 Å². The zero-order valence-corrected chi connectivity index (χ0v) is 15.6. The number of ketones is 1. The molecule has 2 N–H and O–H groups in total. The van der Waals surface area contributed by atoms with E-state index in [2.05, 4.69) is 10.3 Å². The summed E-state index contributed by atoms with van der Waals surface area (Å²) in [5.74, 6) is -0.285. The third-order valence-corrected chi connectivity index (χ3v) is 4.36. The van der Waals surface area contributed by atoms with Gasteiger partial charge in [0.1, 0.15) is 17.2 Å². The zero-order valence-electron chi connectivity index (χ0n) is 14.9. The first kappa shape index (κ1) is 18.6. The highest BCUT2D eigenvalue weighted by Crippen LogP contribution is 2.36. The molecule has 0 saturated carbocycles. The van der Waals surface area contributed by atoms with Crippen molar-refractivity contribution in [1.29, 1.82) is 0 Å². The summed E-state index contributed by atoms with van der Waals surface area (Å²) in [4.78, 5) is 28.2. The average Bonchev–Trinajstić information content (AvgIpc) is 3.11. The highest BCUT2D eigenvalue weighted by Gasteiger charge is 2.22. The van der Waals surface area contributed by atoms with Gasteiger partial charge in [0, 0.05) is 29.2 Å². The molecule has 8 heteroatoms. The van der Waals surface area contributed by atoms with Crippen LogP contribution in [0.4, 0.5) is 5.69 Å². The van der Waals surface area contributed by atoms with E-state index in [1.54, 1.807) is 18.2 Å². The molecule has 27 heavy (non-hydrogen) atoms. The molecule has 140 valence electrons. The molecule has 2 aromatic carbocycles. The SMILES string of the molecule is COc1ccc2[nH]cc(C(=O)C(=O)Nc3cc(OC)c(Cl)cc3OC)c2c1. The lowest BCUT2D eigenvalue weighted by molar-refractivity contribution is -0.112. The van der Waals surface area contributed by atoms with Crippen LogP contribution in [0.25, 0.3) is 10.9 Å². The first-order valence-electron chi connectivity index (χ1n) is 7.90. The van der Waals surface area contributed by atoms with Gasteiger partial charge in [-0.3, -0.25) is 9.59 Å². The minimum absolute atomic E-state index is 0.237. The number of rotatable bonds is 6. The Kier molecular flexibility index (Phi) is 5.23. The molecule has 7 nitrogen and oxygen atoms in total. The van der Waals surface area contributed by atoms with E-state index in [1.165, 1.54) is 39.7 Å². The van der Waals surface area contributed by atoms with Gasteiger partial charge in [-0.05, 0) is 18.2 Å². The van der Waals surface area contributed by atoms with Crippen molar-refractivity contribution in [2.45, 2.75) is 0 Å². The standard InChI is InChI=1S/C19H17ClN2O5/c1-25-10-4-5-14-11(6-10)12(9-21-14)18(23)19(24)22-15-8-16(26-2)13(20)7-17(15)27-3/h4-9,21H,1-3H3,(H,22,24). The molecule has 0 aliphatic heterocycles. The maximum atomic E-state index is 12.7. The van der Waals surface area contributed by atoms with E-state index in [9.17, 15) is 9.59 Å². The van der Waals surface area contributed by atoms with Crippen LogP contribution in [-0.4, -0.2) is 38.0 Å². The maximum absolute atomic E-state index is 12.7. The normalized spacial score (nSPS) is 10.5. The minimum atomic E-state index is -0.818. The number of Topliss-reactive ketones (excluding diaryl/α,β-unsaturated/α-hetero) is 1. The first-order chi connectivity index (χ1) is 13.0. The van der Waals surface area contributed by atoms with Gasteiger partial charge in [-0.15, -0.1) is 0 Å². The molecule has 1 heterocycles. The zero-order chi connectivity index (χ0) is 19.6. The second kappa shape index (κ2) is 7.59. The molecular weight excluding hydrogens is 372 g/mol. The minimum Gasteiger partial charge on any atom is -0.497 e. The fourth-order valence-corrected chi connectivity index (χ4v) is 2.90. The molecule has 0 aliphatic rings. The summed E-state index contributed by atoms with van der Waals surface area (Å²) < 4.78 is 15.5. The van der Waals surface area contributed by atoms with Crippen molar-refractivity contribution in [2.24, 2.45) is 0 Å². The summed E-state index contributed by atoms with van der Waals surface area (Å²) in [6.07, 6.45) is 1.49. The number of ether oxygens (including phenoxy) is 3. The molecule has 0 fully saturated rings. The molecule has 0 atom stereocenters. The average molecular weight is 389 g/mol. The lowest BCUT2D eigenvalue weighted by Gasteiger charge is -2.12. The topological polar surface area (TPSA) is 89.7 Å². The fraction of sp³-hybridized carbons (Fsp3) is 0.158. The predicted molar refractivity (Wildman–Crippen MR) is 102 cm³/mol. The Labute approximate surface area is 160 Å². The van der Waals surface area contributed by atoms with Crippen LogP contribution in [-0.2, 0) is 4.79 Å². The molecule has 0 aliphatic carbocycles. The number of hydrogen-bond donors (Lipinski definition) is 2. The summed E-state index contributed by atoms with van der Waals surface area (Å²) in [6, 6.07) is 8.22.